The second kappa shape index (κ2) is 11.6. The van der Waals surface area contributed by atoms with Crippen LogP contribution in [0.1, 0.15) is 22.8 Å². The van der Waals surface area contributed by atoms with Crippen molar-refractivity contribution in [1.29, 1.82) is 0 Å². The van der Waals surface area contributed by atoms with E-state index in [1.54, 1.807) is 79.7 Å². The van der Waals surface area contributed by atoms with Crippen molar-refractivity contribution >= 4 is 45.6 Å². The zero-order chi connectivity index (χ0) is 23.6. The van der Waals surface area contributed by atoms with Crippen LogP contribution in [0, 0.1) is 0 Å². The second-order valence-electron chi connectivity index (χ2n) is 6.55. The Bertz CT molecular complexity index is 1160. The highest BCUT2D eigenvalue weighted by atomic mass is 79.9. The summed E-state index contributed by atoms with van der Waals surface area (Å²) in [6.07, 6.45) is 1.34. The van der Waals surface area contributed by atoms with Crippen LogP contribution >= 0.6 is 15.9 Å². The van der Waals surface area contributed by atoms with Crippen molar-refractivity contribution in [3.63, 3.8) is 0 Å². The number of carbonyl (C=O) groups excluding carboxylic acids is 3. The lowest BCUT2D eigenvalue weighted by molar-refractivity contribution is -0.136. The molecule has 0 spiro atoms. The fourth-order valence-electron chi connectivity index (χ4n) is 2.63. The van der Waals surface area contributed by atoms with Crippen LogP contribution in [0.25, 0.3) is 0 Å². The van der Waals surface area contributed by atoms with Gasteiger partial charge in [-0.05, 0) is 67.1 Å². The van der Waals surface area contributed by atoms with E-state index in [-0.39, 0.29) is 5.75 Å². The van der Waals surface area contributed by atoms with Gasteiger partial charge in [0.15, 0.2) is 11.5 Å². The van der Waals surface area contributed by atoms with Crippen molar-refractivity contribution in [3.8, 4) is 11.5 Å². The van der Waals surface area contributed by atoms with Gasteiger partial charge in [-0.2, -0.15) is 5.10 Å². The van der Waals surface area contributed by atoms with Crippen molar-refractivity contribution in [2.24, 2.45) is 5.10 Å². The summed E-state index contributed by atoms with van der Waals surface area (Å²) in [4.78, 5) is 36.2. The van der Waals surface area contributed by atoms with Gasteiger partial charge in [-0.25, -0.2) is 10.2 Å². The zero-order valence-corrected chi connectivity index (χ0v) is 19.2. The smallest absolute Gasteiger partial charge is 0.343 e. The number of carbonyl (C=O) groups is 3. The van der Waals surface area contributed by atoms with Gasteiger partial charge in [0.25, 0.3) is 0 Å². The lowest BCUT2D eigenvalue weighted by Gasteiger charge is -2.11. The van der Waals surface area contributed by atoms with Crippen molar-refractivity contribution in [1.82, 2.24) is 5.43 Å². The molecule has 33 heavy (non-hydrogen) atoms. The maximum absolute atomic E-state index is 12.3. The normalized spacial score (nSPS) is 10.5. The molecule has 0 aliphatic heterocycles. The number of nitrogens with zero attached hydrogens (tertiary/aromatic N) is 1. The number of esters is 1. The topological polar surface area (TPSA) is 106 Å². The molecule has 2 N–H and O–H groups in total. The monoisotopic (exact) mass is 509 g/mol. The van der Waals surface area contributed by atoms with Crippen LogP contribution in [0.5, 0.6) is 11.5 Å². The number of amides is 2. The first kappa shape index (κ1) is 23.7. The van der Waals surface area contributed by atoms with E-state index in [2.05, 4.69) is 31.8 Å². The molecular weight excluding hydrogens is 490 g/mol. The largest absolute Gasteiger partial charge is 0.490 e. The van der Waals surface area contributed by atoms with E-state index < -0.39 is 17.8 Å². The average molecular weight is 510 g/mol. The van der Waals surface area contributed by atoms with Crippen molar-refractivity contribution in [2.45, 2.75) is 6.92 Å². The lowest BCUT2D eigenvalue weighted by atomic mass is 10.2. The summed E-state index contributed by atoms with van der Waals surface area (Å²) >= 11 is 3.29. The molecular formula is C24H20BrN3O5. The minimum absolute atomic E-state index is 0.251. The molecule has 168 valence electrons. The predicted molar refractivity (Wildman–Crippen MR) is 128 cm³/mol. The number of nitrogens with one attached hydrogen (secondary N) is 2. The van der Waals surface area contributed by atoms with Crippen LogP contribution in [0.2, 0.25) is 0 Å². The van der Waals surface area contributed by atoms with Crippen LogP contribution < -0.4 is 20.2 Å². The molecule has 0 heterocycles. The van der Waals surface area contributed by atoms with Gasteiger partial charge in [0.1, 0.15) is 0 Å². The molecule has 0 saturated heterocycles. The Morgan fingerprint density at radius 3 is 2.36 bits per heavy atom. The minimum atomic E-state index is -0.924. The van der Waals surface area contributed by atoms with Gasteiger partial charge in [0, 0.05) is 10.2 Å². The van der Waals surface area contributed by atoms with Gasteiger partial charge < -0.3 is 14.8 Å². The Balaban J connectivity index is 1.62. The molecule has 3 rings (SSSR count). The fraction of sp³-hybridized carbons (Fsp3) is 0.0833. The number of anilines is 1. The summed E-state index contributed by atoms with van der Waals surface area (Å²) in [5.41, 5.74) is 3.62. The highest BCUT2D eigenvalue weighted by Crippen LogP contribution is 2.29. The first-order chi connectivity index (χ1) is 16.0. The van der Waals surface area contributed by atoms with Gasteiger partial charge in [-0.15, -0.1) is 0 Å². The van der Waals surface area contributed by atoms with Crippen LogP contribution in [-0.4, -0.2) is 30.6 Å². The van der Waals surface area contributed by atoms with E-state index in [1.807, 2.05) is 0 Å². The van der Waals surface area contributed by atoms with Gasteiger partial charge >= 0.3 is 17.8 Å². The quantitative estimate of drug-likeness (QED) is 0.163. The summed E-state index contributed by atoms with van der Waals surface area (Å²) in [6.45, 7) is 2.15. The Kier molecular flexibility index (Phi) is 8.31. The van der Waals surface area contributed by atoms with Crippen LogP contribution in [0.15, 0.2) is 82.4 Å². The average Bonchev–Trinajstić information content (AvgIpc) is 2.82. The maximum Gasteiger partial charge on any atom is 0.343 e. The number of halogens is 1. The number of hydrazone groups is 1. The Morgan fingerprint density at radius 1 is 0.939 bits per heavy atom. The van der Waals surface area contributed by atoms with Crippen molar-refractivity contribution in [3.05, 3.63) is 88.4 Å². The Morgan fingerprint density at radius 2 is 1.67 bits per heavy atom. The number of benzene rings is 3. The molecule has 0 aliphatic rings. The number of ether oxygens (including phenoxy) is 2. The van der Waals surface area contributed by atoms with Gasteiger partial charge in [0.2, 0.25) is 0 Å². The summed E-state index contributed by atoms with van der Waals surface area (Å²) < 4.78 is 11.9. The maximum atomic E-state index is 12.3. The molecule has 3 aromatic carbocycles. The van der Waals surface area contributed by atoms with Crippen LogP contribution in [-0.2, 0) is 9.59 Å². The summed E-state index contributed by atoms with van der Waals surface area (Å²) in [7, 11) is 0. The molecule has 8 nitrogen and oxygen atoms in total. The highest BCUT2D eigenvalue weighted by Gasteiger charge is 2.14. The van der Waals surface area contributed by atoms with E-state index in [4.69, 9.17) is 9.47 Å². The summed E-state index contributed by atoms with van der Waals surface area (Å²) in [5, 5.41) is 6.27. The third-order valence-corrected chi connectivity index (χ3v) is 4.70. The van der Waals surface area contributed by atoms with Gasteiger partial charge in [-0.1, -0.05) is 34.1 Å². The minimum Gasteiger partial charge on any atom is -0.490 e. The van der Waals surface area contributed by atoms with E-state index >= 15 is 0 Å². The number of rotatable bonds is 7. The van der Waals surface area contributed by atoms with E-state index in [9.17, 15) is 14.4 Å². The zero-order valence-electron chi connectivity index (χ0n) is 17.6. The lowest BCUT2D eigenvalue weighted by Crippen LogP contribution is -2.32. The summed E-state index contributed by atoms with van der Waals surface area (Å²) in [5.74, 6) is -1.70. The van der Waals surface area contributed by atoms with E-state index in [0.717, 1.165) is 4.47 Å². The molecule has 0 aromatic heterocycles. The predicted octanol–water partition coefficient (Wildman–Crippen LogP) is 4.16. The molecule has 0 radical (unpaired) electrons. The second-order valence-corrected chi connectivity index (χ2v) is 7.47. The standard InChI is InChI=1S/C24H20BrN3O5/c1-2-32-21-14-16(8-13-20(21)33-24(31)17-6-4-3-5-7-17)15-26-28-23(30)22(29)27-19-11-9-18(25)10-12-19/h3-15H,2H2,1H3,(H,27,29)(H,28,30). The first-order valence-electron chi connectivity index (χ1n) is 9.90. The molecule has 2 amide bonds. The highest BCUT2D eigenvalue weighted by molar-refractivity contribution is 9.10. The van der Waals surface area contributed by atoms with Crippen LogP contribution in [0.4, 0.5) is 5.69 Å². The first-order valence-corrected chi connectivity index (χ1v) is 10.7. The number of hydrogen-bond donors (Lipinski definition) is 2. The Labute approximate surface area is 198 Å². The van der Waals surface area contributed by atoms with E-state index in [1.165, 1.54) is 6.21 Å². The molecule has 0 saturated carbocycles. The van der Waals surface area contributed by atoms with Gasteiger partial charge in [0.05, 0.1) is 18.4 Å². The Hall–Kier alpha value is -3.98. The third-order valence-electron chi connectivity index (χ3n) is 4.17. The molecule has 0 fully saturated rings. The molecule has 9 heteroatoms. The SMILES string of the molecule is CCOc1cc(C=NNC(=O)C(=O)Nc2ccc(Br)cc2)ccc1OC(=O)c1ccccc1. The molecule has 0 unspecified atom stereocenters. The van der Waals surface area contributed by atoms with Gasteiger partial charge in [-0.3, -0.25) is 9.59 Å². The van der Waals surface area contributed by atoms with Crippen molar-refractivity contribution in [2.75, 3.05) is 11.9 Å². The van der Waals surface area contributed by atoms with Crippen molar-refractivity contribution < 1.29 is 23.9 Å². The fourth-order valence-corrected chi connectivity index (χ4v) is 2.89. The summed E-state index contributed by atoms with van der Waals surface area (Å²) in [6, 6.07) is 20.2. The molecule has 3 aromatic rings. The molecule has 0 aliphatic carbocycles. The molecule has 0 bridgehead atoms. The third kappa shape index (κ3) is 7.01. The molecule has 0 atom stereocenters. The van der Waals surface area contributed by atoms with E-state index in [0.29, 0.717) is 29.2 Å². The van der Waals surface area contributed by atoms with Crippen LogP contribution in [0.3, 0.4) is 0 Å². The number of hydrogen-bond acceptors (Lipinski definition) is 6.